The molecule has 156 valence electrons. The third-order valence-electron chi connectivity index (χ3n) is 3.01. The van der Waals surface area contributed by atoms with Crippen molar-refractivity contribution in [2.45, 2.75) is 0 Å². The molecule has 0 aliphatic heterocycles. The highest BCUT2D eigenvalue weighted by Gasteiger charge is 2.14. The van der Waals surface area contributed by atoms with E-state index in [0.717, 1.165) is 0 Å². The minimum atomic E-state index is -1.23. The highest BCUT2D eigenvalue weighted by atomic mass is 16.6. The van der Waals surface area contributed by atoms with E-state index in [1.165, 1.54) is 48.5 Å². The monoisotopic (exact) mass is 408 g/mol. The summed E-state index contributed by atoms with van der Waals surface area (Å²) in [4.78, 5) is 41.9. The third kappa shape index (κ3) is 9.13. The van der Waals surface area contributed by atoms with Crippen molar-refractivity contribution in [1.29, 1.82) is 0 Å². The first-order valence-corrected chi connectivity index (χ1v) is 7.76. The van der Waals surface area contributed by atoms with Gasteiger partial charge in [0.15, 0.2) is 0 Å². The summed E-state index contributed by atoms with van der Waals surface area (Å²) in [7, 11) is 3.17. The van der Waals surface area contributed by atoms with Crippen LogP contribution in [0.5, 0.6) is 0 Å². The van der Waals surface area contributed by atoms with E-state index in [9.17, 15) is 19.2 Å². The zero-order valence-electron chi connectivity index (χ0n) is 15.6. The molecule has 0 atom stereocenters. The van der Waals surface area contributed by atoms with Gasteiger partial charge in [0, 0.05) is 14.2 Å². The van der Waals surface area contributed by atoms with Gasteiger partial charge < -0.3 is 29.9 Å². The van der Waals surface area contributed by atoms with Gasteiger partial charge in [-0.2, -0.15) is 0 Å². The summed E-state index contributed by atoms with van der Waals surface area (Å²) in [6.07, 6.45) is 0. The Bertz CT molecular complexity index is 709. The van der Waals surface area contributed by atoms with Gasteiger partial charge in [0.05, 0.1) is 22.3 Å². The Morgan fingerprint density at radius 2 is 0.793 bits per heavy atom. The Hall–Kier alpha value is -3.76. The molecule has 0 saturated heterocycles. The van der Waals surface area contributed by atoms with Crippen LogP contribution >= 0.6 is 0 Å². The molecule has 0 fully saturated rings. The molecule has 0 spiro atoms. The lowest BCUT2D eigenvalue weighted by Crippen LogP contribution is -2.06. The van der Waals surface area contributed by atoms with Crippen LogP contribution in [-0.2, 0) is 9.47 Å². The van der Waals surface area contributed by atoms with Gasteiger partial charge in [-0.15, -0.1) is 0 Å². The quantitative estimate of drug-likeness (QED) is 0.521. The van der Waals surface area contributed by atoms with E-state index in [4.69, 9.17) is 20.4 Å². The number of carbonyl (C=O) groups is 4. The Labute approximate surface area is 165 Å². The predicted octanol–water partition coefficient (Wildman–Crippen LogP) is 2.40. The number of ether oxygens (including phenoxy) is 2. The number of carboxylic acid groups (broad SMARTS) is 4. The second kappa shape index (κ2) is 13.4. The van der Waals surface area contributed by atoms with E-state index in [1.807, 2.05) is 0 Å². The summed E-state index contributed by atoms with van der Waals surface area (Å²) in [6.45, 7) is 0.389. The number of aromatic carboxylic acids is 4. The zero-order valence-corrected chi connectivity index (χ0v) is 15.6. The number of methoxy groups -OCH3 is 2. The van der Waals surface area contributed by atoms with Crippen molar-refractivity contribution in [3.8, 4) is 0 Å². The highest BCUT2D eigenvalue weighted by molar-refractivity contribution is 6.02. The van der Waals surface area contributed by atoms with Crippen LogP contribution in [0.4, 0.5) is 0 Å². The first-order chi connectivity index (χ1) is 13.7. The van der Waals surface area contributed by atoms with Crippen LogP contribution in [0.25, 0.3) is 0 Å². The minimum Gasteiger partial charge on any atom is -0.478 e. The van der Waals surface area contributed by atoms with Crippen molar-refractivity contribution < 1.29 is 49.1 Å². The first-order valence-electron chi connectivity index (χ1n) is 7.76. The maximum absolute atomic E-state index is 10.5. The Morgan fingerprint density at radius 1 is 0.586 bits per heavy atom. The molecule has 0 aliphatic carbocycles. The number of benzene rings is 2. The predicted molar refractivity (Wildman–Crippen MR) is 99.6 cm³/mol. The molecule has 2 rings (SSSR count). The number of rotatable bonds is 6. The van der Waals surface area contributed by atoms with Gasteiger partial charge in [0.1, 0.15) is 6.79 Å². The molecule has 10 nitrogen and oxygen atoms in total. The Morgan fingerprint density at radius 3 is 0.897 bits per heavy atom. The summed E-state index contributed by atoms with van der Waals surface area (Å²) >= 11 is 0. The van der Waals surface area contributed by atoms with Gasteiger partial charge in [-0.1, -0.05) is 24.3 Å². The van der Waals surface area contributed by atoms with Crippen LogP contribution in [0, 0.1) is 0 Å². The molecule has 0 aliphatic rings. The molecule has 0 heterocycles. The lowest BCUT2D eigenvalue weighted by molar-refractivity contribution is -0.00272. The second-order valence-electron chi connectivity index (χ2n) is 5.01. The van der Waals surface area contributed by atoms with Crippen LogP contribution in [0.15, 0.2) is 48.5 Å². The SMILES string of the molecule is COCOC.O=C(O)c1ccccc1C(=O)O.O=C(O)c1ccccc1C(=O)O. The molecular formula is C19H20O10. The summed E-state index contributed by atoms with van der Waals surface area (Å²) in [5.41, 5.74) is -0.759. The number of hydrogen-bond acceptors (Lipinski definition) is 6. The molecular weight excluding hydrogens is 388 g/mol. The largest absolute Gasteiger partial charge is 0.478 e. The molecule has 0 unspecified atom stereocenters. The van der Waals surface area contributed by atoms with Crippen molar-refractivity contribution in [3.63, 3.8) is 0 Å². The van der Waals surface area contributed by atoms with Gasteiger partial charge in [-0.25, -0.2) is 19.2 Å². The normalized spacial score (nSPS) is 9.17. The van der Waals surface area contributed by atoms with Crippen LogP contribution in [-0.4, -0.2) is 65.3 Å². The molecule has 4 N–H and O–H groups in total. The van der Waals surface area contributed by atoms with Crippen LogP contribution in [0.2, 0.25) is 0 Å². The number of hydrogen-bond donors (Lipinski definition) is 4. The van der Waals surface area contributed by atoms with E-state index in [-0.39, 0.29) is 22.3 Å². The standard InChI is InChI=1S/2C8H6O4.C3H8O2/c2*9-7(10)5-3-1-2-4-6(5)8(11)12;1-4-3-5-2/h2*1-4H,(H,9,10)(H,11,12);3H2,1-2H3. The molecule has 2 aromatic rings. The maximum atomic E-state index is 10.5. The van der Waals surface area contributed by atoms with E-state index in [2.05, 4.69) is 9.47 Å². The van der Waals surface area contributed by atoms with Gasteiger partial charge >= 0.3 is 23.9 Å². The van der Waals surface area contributed by atoms with Crippen LogP contribution < -0.4 is 0 Å². The van der Waals surface area contributed by atoms with E-state index < -0.39 is 23.9 Å². The van der Waals surface area contributed by atoms with Gasteiger partial charge in [-0.05, 0) is 24.3 Å². The average Bonchev–Trinajstić information content (AvgIpc) is 2.69. The second-order valence-corrected chi connectivity index (χ2v) is 5.01. The van der Waals surface area contributed by atoms with Gasteiger partial charge in [0.2, 0.25) is 0 Å². The Kier molecular flexibility index (Phi) is 11.7. The maximum Gasteiger partial charge on any atom is 0.336 e. The van der Waals surface area contributed by atoms with E-state index in [0.29, 0.717) is 6.79 Å². The average molecular weight is 408 g/mol. The van der Waals surface area contributed by atoms with E-state index >= 15 is 0 Å². The van der Waals surface area contributed by atoms with Crippen LogP contribution in [0.3, 0.4) is 0 Å². The summed E-state index contributed by atoms with van der Waals surface area (Å²) in [5, 5.41) is 34.2. The highest BCUT2D eigenvalue weighted by Crippen LogP contribution is 2.08. The fraction of sp³-hybridized carbons (Fsp3) is 0.158. The molecule has 0 amide bonds. The molecule has 0 aromatic heterocycles. The van der Waals surface area contributed by atoms with E-state index in [1.54, 1.807) is 14.2 Å². The van der Waals surface area contributed by atoms with Crippen molar-refractivity contribution in [2.24, 2.45) is 0 Å². The summed E-state index contributed by atoms with van der Waals surface area (Å²) in [5.74, 6) is -4.91. The third-order valence-corrected chi connectivity index (χ3v) is 3.01. The van der Waals surface area contributed by atoms with Crippen LogP contribution in [0.1, 0.15) is 41.4 Å². The zero-order chi connectivity index (χ0) is 22.4. The van der Waals surface area contributed by atoms with Gasteiger partial charge in [0.25, 0.3) is 0 Å². The fourth-order valence-corrected chi connectivity index (χ4v) is 1.83. The van der Waals surface area contributed by atoms with Crippen molar-refractivity contribution in [2.75, 3.05) is 21.0 Å². The molecule has 0 saturated carbocycles. The lowest BCUT2D eigenvalue weighted by atomic mass is 10.1. The topological polar surface area (TPSA) is 168 Å². The smallest absolute Gasteiger partial charge is 0.336 e. The van der Waals surface area contributed by atoms with Crippen molar-refractivity contribution in [3.05, 3.63) is 70.8 Å². The molecule has 10 heteroatoms. The summed E-state index contributed by atoms with van der Waals surface area (Å²) < 4.78 is 8.94. The molecule has 29 heavy (non-hydrogen) atoms. The summed E-state index contributed by atoms with van der Waals surface area (Å²) in [6, 6.07) is 11.0. The number of carboxylic acids is 4. The first kappa shape index (κ1) is 25.2. The van der Waals surface area contributed by atoms with Gasteiger partial charge in [-0.3, -0.25) is 0 Å². The molecule has 2 aromatic carbocycles. The Balaban J connectivity index is 0.000000442. The molecule has 0 radical (unpaired) electrons. The lowest BCUT2D eigenvalue weighted by Gasteiger charge is -1.98. The van der Waals surface area contributed by atoms with Crippen molar-refractivity contribution >= 4 is 23.9 Å². The molecule has 0 bridgehead atoms. The minimum absolute atomic E-state index is 0.190. The van der Waals surface area contributed by atoms with Crippen molar-refractivity contribution in [1.82, 2.24) is 0 Å². The fourth-order valence-electron chi connectivity index (χ4n) is 1.83.